The molecule has 0 aliphatic heterocycles. The fourth-order valence-electron chi connectivity index (χ4n) is 0.251. The summed E-state index contributed by atoms with van der Waals surface area (Å²) in [5.74, 6) is -0.858. The maximum atomic E-state index is 9.99. The minimum atomic E-state index is -1.03. The van der Waals surface area contributed by atoms with E-state index in [0.717, 1.165) is 11.8 Å². The summed E-state index contributed by atoms with van der Waals surface area (Å²) in [7, 11) is 0. The minimum Gasteiger partial charge on any atom is -0.480 e. The number of thioether (sulfide) groups is 1. The number of rotatable bonds is 4. The van der Waals surface area contributed by atoms with Crippen molar-refractivity contribution in [2.45, 2.75) is 6.04 Å². The average molecular weight is 151 g/mol. The predicted octanol–water partition coefficient (Wildman–Crippen LogP) is -0.919. The van der Waals surface area contributed by atoms with Crippen molar-refractivity contribution in [3.63, 3.8) is 0 Å². The standard InChI is InChI=1S/C4H9NO3S/c5-3(4(7)8)1-9-2-6/h3,6H,1-2,5H2,(H,7,8)/t3-/m0/s1. The van der Waals surface area contributed by atoms with E-state index >= 15 is 0 Å². The van der Waals surface area contributed by atoms with Crippen LogP contribution in [0.2, 0.25) is 0 Å². The van der Waals surface area contributed by atoms with E-state index in [9.17, 15) is 4.79 Å². The van der Waals surface area contributed by atoms with Crippen molar-refractivity contribution in [2.24, 2.45) is 5.73 Å². The van der Waals surface area contributed by atoms with Crippen LogP contribution in [0, 0.1) is 0 Å². The molecule has 0 aromatic rings. The second-order valence-corrected chi connectivity index (χ2v) is 2.44. The smallest absolute Gasteiger partial charge is 0.321 e. The van der Waals surface area contributed by atoms with Gasteiger partial charge in [-0.1, -0.05) is 0 Å². The number of nitrogens with two attached hydrogens (primary N) is 1. The quantitative estimate of drug-likeness (QED) is 0.453. The first-order chi connectivity index (χ1) is 4.18. The van der Waals surface area contributed by atoms with Crippen molar-refractivity contribution < 1.29 is 15.0 Å². The molecule has 0 fully saturated rings. The Kier molecular flexibility index (Phi) is 4.47. The summed E-state index contributed by atoms with van der Waals surface area (Å²) in [6, 6.07) is -0.859. The Hall–Kier alpha value is -0.260. The van der Waals surface area contributed by atoms with Crippen LogP contribution in [-0.4, -0.2) is 33.9 Å². The van der Waals surface area contributed by atoms with Gasteiger partial charge in [-0.3, -0.25) is 4.79 Å². The largest absolute Gasteiger partial charge is 0.480 e. The average Bonchev–Trinajstić information content (AvgIpc) is 1.82. The van der Waals surface area contributed by atoms with Crippen molar-refractivity contribution in [1.29, 1.82) is 0 Å². The Morgan fingerprint density at radius 2 is 2.33 bits per heavy atom. The maximum absolute atomic E-state index is 9.99. The molecule has 54 valence electrons. The third-order valence-electron chi connectivity index (χ3n) is 0.706. The number of carboxylic acids is 1. The highest BCUT2D eigenvalue weighted by molar-refractivity contribution is 7.99. The number of aliphatic carboxylic acids is 1. The molecule has 5 heteroatoms. The van der Waals surface area contributed by atoms with Gasteiger partial charge in [0, 0.05) is 5.75 Å². The zero-order valence-corrected chi connectivity index (χ0v) is 5.60. The Labute approximate surface area is 57.0 Å². The molecule has 0 bridgehead atoms. The number of aliphatic hydroxyl groups excluding tert-OH is 1. The number of carboxylic acid groups (broad SMARTS) is 1. The number of hydrogen-bond donors (Lipinski definition) is 3. The Morgan fingerprint density at radius 3 is 2.67 bits per heavy atom. The first-order valence-corrected chi connectivity index (χ1v) is 3.51. The molecule has 9 heavy (non-hydrogen) atoms. The molecule has 0 spiro atoms. The van der Waals surface area contributed by atoms with Gasteiger partial charge in [-0.15, -0.1) is 11.8 Å². The number of carbonyl (C=O) groups is 1. The van der Waals surface area contributed by atoms with Crippen molar-refractivity contribution in [3.05, 3.63) is 0 Å². The van der Waals surface area contributed by atoms with Gasteiger partial charge < -0.3 is 15.9 Å². The van der Waals surface area contributed by atoms with Gasteiger partial charge in [0.2, 0.25) is 0 Å². The van der Waals surface area contributed by atoms with Crippen LogP contribution >= 0.6 is 11.8 Å². The van der Waals surface area contributed by atoms with Gasteiger partial charge >= 0.3 is 5.97 Å². The summed E-state index contributed by atoms with van der Waals surface area (Å²) >= 11 is 1.09. The molecule has 0 radical (unpaired) electrons. The predicted molar refractivity (Wildman–Crippen MR) is 35.2 cm³/mol. The highest BCUT2D eigenvalue weighted by atomic mass is 32.2. The molecule has 1 atom stereocenters. The summed E-state index contributed by atoms with van der Waals surface area (Å²) < 4.78 is 0. The molecule has 0 amide bonds. The molecular formula is C4H9NO3S. The topological polar surface area (TPSA) is 83.5 Å². The van der Waals surface area contributed by atoms with E-state index < -0.39 is 12.0 Å². The molecule has 4 N–H and O–H groups in total. The Balaban J connectivity index is 3.27. The van der Waals surface area contributed by atoms with E-state index in [4.69, 9.17) is 15.9 Å². The van der Waals surface area contributed by atoms with E-state index in [1.807, 2.05) is 0 Å². The second-order valence-electron chi connectivity index (χ2n) is 1.44. The Morgan fingerprint density at radius 1 is 1.78 bits per heavy atom. The molecule has 0 rings (SSSR count). The van der Waals surface area contributed by atoms with Crippen LogP contribution in [0.15, 0.2) is 0 Å². The number of aliphatic hydroxyl groups is 1. The lowest BCUT2D eigenvalue weighted by Crippen LogP contribution is -2.32. The highest BCUT2D eigenvalue weighted by Gasteiger charge is 2.09. The minimum absolute atomic E-state index is 0.0824. The fraction of sp³-hybridized carbons (Fsp3) is 0.750. The second kappa shape index (κ2) is 4.60. The molecule has 4 nitrogen and oxygen atoms in total. The maximum Gasteiger partial charge on any atom is 0.321 e. The van der Waals surface area contributed by atoms with Crippen LogP contribution in [0.5, 0.6) is 0 Å². The van der Waals surface area contributed by atoms with Crippen LogP contribution in [0.25, 0.3) is 0 Å². The zero-order valence-electron chi connectivity index (χ0n) is 4.78. The summed E-state index contributed by atoms with van der Waals surface area (Å²) in [5, 5.41) is 16.4. The molecule has 0 saturated carbocycles. The molecule has 0 aliphatic rings. The van der Waals surface area contributed by atoms with E-state index in [-0.39, 0.29) is 11.7 Å². The van der Waals surface area contributed by atoms with Crippen LogP contribution in [0.3, 0.4) is 0 Å². The zero-order chi connectivity index (χ0) is 7.28. The first kappa shape index (κ1) is 8.74. The summed E-state index contributed by atoms with van der Waals surface area (Å²) in [6.07, 6.45) is 0. The lowest BCUT2D eigenvalue weighted by atomic mass is 10.4. The van der Waals surface area contributed by atoms with E-state index in [1.165, 1.54) is 0 Å². The van der Waals surface area contributed by atoms with E-state index in [1.54, 1.807) is 0 Å². The molecule has 0 unspecified atom stereocenters. The molecule has 0 aliphatic carbocycles. The van der Waals surface area contributed by atoms with E-state index in [0.29, 0.717) is 0 Å². The van der Waals surface area contributed by atoms with Gasteiger partial charge in [-0.25, -0.2) is 0 Å². The third-order valence-corrected chi connectivity index (χ3v) is 1.48. The normalized spacial score (nSPS) is 13.1. The third kappa shape index (κ3) is 4.26. The van der Waals surface area contributed by atoms with Gasteiger partial charge in [0.25, 0.3) is 0 Å². The van der Waals surface area contributed by atoms with Gasteiger partial charge in [-0.05, 0) is 0 Å². The monoisotopic (exact) mass is 151 g/mol. The van der Waals surface area contributed by atoms with Crippen LogP contribution in [-0.2, 0) is 4.79 Å². The van der Waals surface area contributed by atoms with Crippen LogP contribution in [0.4, 0.5) is 0 Å². The van der Waals surface area contributed by atoms with Crippen LogP contribution < -0.4 is 5.73 Å². The first-order valence-electron chi connectivity index (χ1n) is 2.35. The van der Waals surface area contributed by atoms with Crippen molar-refractivity contribution >= 4 is 17.7 Å². The SMILES string of the molecule is N[C@@H](CSCO)C(=O)O. The Bertz CT molecular complexity index is 97.8. The van der Waals surface area contributed by atoms with Crippen molar-refractivity contribution in [1.82, 2.24) is 0 Å². The van der Waals surface area contributed by atoms with Crippen LogP contribution in [0.1, 0.15) is 0 Å². The fourth-order valence-corrected chi connectivity index (χ4v) is 0.753. The van der Waals surface area contributed by atoms with Gasteiger partial charge in [-0.2, -0.15) is 0 Å². The summed E-state index contributed by atoms with van der Waals surface area (Å²) in [5.41, 5.74) is 5.07. The highest BCUT2D eigenvalue weighted by Crippen LogP contribution is 1.97. The van der Waals surface area contributed by atoms with E-state index in [2.05, 4.69) is 0 Å². The number of hydrogen-bond acceptors (Lipinski definition) is 4. The summed E-state index contributed by atoms with van der Waals surface area (Å²) in [6.45, 7) is 0. The van der Waals surface area contributed by atoms with Crippen molar-refractivity contribution in [2.75, 3.05) is 11.7 Å². The summed E-state index contributed by atoms with van der Waals surface area (Å²) in [4.78, 5) is 9.99. The van der Waals surface area contributed by atoms with Gasteiger partial charge in [0.1, 0.15) is 6.04 Å². The molecule has 0 aromatic carbocycles. The molecular weight excluding hydrogens is 142 g/mol. The van der Waals surface area contributed by atoms with Gasteiger partial charge in [0.15, 0.2) is 0 Å². The lowest BCUT2D eigenvalue weighted by Gasteiger charge is -2.01. The molecule has 0 heterocycles. The van der Waals surface area contributed by atoms with Crippen molar-refractivity contribution in [3.8, 4) is 0 Å². The molecule has 0 aromatic heterocycles. The molecule has 0 saturated heterocycles. The van der Waals surface area contributed by atoms with Gasteiger partial charge in [0.05, 0.1) is 5.94 Å². The lowest BCUT2D eigenvalue weighted by molar-refractivity contribution is -0.137.